The van der Waals surface area contributed by atoms with E-state index in [0.29, 0.717) is 0 Å². The van der Waals surface area contributed by atoms with Gasteiger partial charge in [-0.25, -0.2) is 9.82 Å². The maximum absolute atomic E-state index is 13.3. The normalized spacial score (nSPS) is 12.7. The molecule has 0 saturated heterocycles. The number of nitrogens with one attached hydrogen (secondary N) is 1. The summed E-state index contributed by atoms with van der Waals surface area (Å²) >= 11 is 5.07. The van der Waals surface area contributed by atoms with E-state index in [-0.39, 0.29) is 11.9 Å². The van der Waals surface area contributed by atoms with Gasteiger partial charge in [0.1, 0.15) is 5.82 Å². The summed E-state index contributed by atoms with van der Waals surface area (Å²) in [4.78, 5) is 1.17. The second-order valence-corrected chi connectivity index (χ2v) is 5.67. The molecule has 2 nitrogen and oxygen atoms in total. The van der Waals surface area contributed by atoms with Crippen LogP contribution in [-0.4, -0.2) is 0 Å². The first-order chi connectivity index (χ1) is 8.13. The maximum atomic E-state index is 13.3. The molecule has 3 N–H and O–H groups in total. The first kappa shape index (κ1) is 12.7. The molecule has 1 unspecified atom stereocenters. The number of thiophene rings is 1. The molecule has 0 fully saturated rings. The largest absolute Gasteiger partial charge is 0.271 e. The molecule has 0 amide bonds. The summed E-state index contributed by atoms with van der Waals surface area (Å²) in [7, 11) is 0. The Morgan fingerprint density at radius 3 is 2.71 bits per heavy atom. The van der Waals surface area contributed by atoms with Crippen molar-refractivity contribution >= 4 is 27.3 Å². The Hall–Kier alpha value is -0.750. The number of halogens is 2. The Labute approximate surface area is 112 Å². The number of rotatable bonds is 3. The third-order valence-corrected chi connectivity index (χ3v) is 4.23. The monoisotopic (exact) mass is 314 g/mol. The van der Waals surface area contributed by atoms with E-state index in [1.165, 1.54) is 17.0 Å². The van der Waals surface area contributed by atoms with Gasteiger partial charge in [-0.3, -0.25) is 5.84 Å². The van der Waals surface area contributed by atoms with Gasteiger partial charge >= 0.3 is 0 Å². The second kappa shape index (κ2) is 5.27. The van der Waals surface area contributed by atoms with Gasteiger partial charge in [0.25, 0.3) is 0 Å². The third kappa shape index (κ3) is 2.57. The summed E-state index contributed by atoms with van der Waals surface area (Å²) in [6, 6.07) is 6.40. The Bertz CT molecular complexity index is 527. The number of hydrogen-bond acceptors (Lipinski definition) is 3. The highest BCUT2D eigenvalue weighted by atomic mass is 79.9. The minimum atomic E-state index is -0.267. The molecule has 0 aliphatic rings. The molecular weight excluding hydrogens is 303 g/mol. The molecule has 2 aromatic rings. The Morgan fingerprint density at radius 1 is 1.35 bits per heavy atom. The molecule has 0 saturated carbocycles. The summed E-state index contributed by atoms with van der Waals surface area (Å²) in [5.41, 5.74) is 4.61. The molecule has 0 bridgehead atoms. The van der Waals surface area contributed by atoms with E-state index in [1.807, 2.05) is 18.4 Å². The fourth-order valence-electron chi connectivity index (χ4n) is 1.78. The Morgan fingerprint density at radius 2 is 2.12 bits per heavy atom. The molecule has 2 rings (SSSR count). The second-order valence-electron chi connectivity index (χ2n) is 3.70. The van der Waals surface area contributed by atoms with Crippen molar-refractivity contribution in [3.63, 3.8) is 0 Å². The van der Waals surface area contributed by atoms with Gasteiger partial charge in [-0.15, -0.1) is 11.3 Å². The van der Waals surface area contributed by atoms with Gasteiger partial charge in [-0.2, -0.15) is 0 Å². The summed E-state index contributed by atoms with van der Waals surface area (Å²) < 4.78 is 14.1. The average molecular weight is 315 g/mol. The molecule has 1 aromatic heterocycles. The third-order valence-electron chi connectivity index (χ3n) is 2.65. The standard InChI is InChI=1S/C12H12BrFN2S/c1-7-9(4-5-17-7)12(16-15)10-6-8(14)2-3-11(10)13/h2-6,12,16H,15H2,1H3. The van der Waals surface area contributed by atoms with Crippen LogP contribution < -0.4 is 11.3 Å². The van der Waals surface area contributed by atoms with Crippen LogP contribution in [0.25, 0.3) is 0 Å². The molecular formula is C12H12BrFN2S. The summed E-state index contributed by atoms with van der Waals surface area (Å²) in [5.74, 6) is 5.33. The van der Waals surface area contributed by atoms with Crippen molar-refractivity contribution in [2.75, 3.05) is 0 Å². The van der Waals surface area contributed by atoms with Crippen LogP contribution in [0.1, 0.15) is 22.0 Å². The highest BCUT2D eigenvalue weighted by Gasteiger charge is 2.18. The van der Waals surface area contributed by atoms with Crippen LogP contribution in [0, 0.1) is 12.7 Å². The van der Waals surface area contributed by atoms with Crippen molar-refractivity contribution in [2.24, 2.45) is 5.84 Å². The van der Waals surface area contributed by atoms with E-state index in [1.54, 1.807) is 17.4 Å². The zero-order valence-electron chi connectivity index (χ0n) is 9.21. The molecule has 90 valence electrons. The van der Waals surface area contributed by atoms with E-state index in [2.05, 4.69) is 21.4 Å². The summed E-state index contributed by atoms with van der Waals surface area (Å²) in [6.45, 7) is 2.03. The van der Waals surface area contributed by atoms with Gasteiger partial charge in [0.15, 0.2) is 0 Å². The highest BCUT2D eigenvalue weighted by Crippen LogP contribution is 2.32. The van der Waals surface area contributed by atoms with Crippen molar-refractivity contribution in [3.05, 3.63) is 55.9 Å². The molecule has 0 aliphatic heterocycles. The lowest BCUT2D eigenvalue weighted by atomic mass is 10.00. The smallest absolute Gasteiger partial charge is 0.123 e. The van der Waals surface area contributed by atoms with Gasteiger partial charge in [-0.1, -0.05) is 15.9 Å². The number of nitrogens with two attached hydrogens (primary N) is 1. The SMILES string of the molecule is Cc1sccc1C(NN)c1cc(F)ccc1Br. The zero-order chi connectivity index (χ0) is 12.4. The van der Waals surface area contributed by atoms with Crippen molar-refractivity contribution < 1.29 is 4.39 Å². The van der Waals surface area contributed by atoms with Crippen LogP contribution in [-0.2, 0) is 0 Å². The first-order valence-electron chi connectivity index (χ1n) is 5.08. The molecule has 5 heteroatoms. The van der Waals surface area contributed by atoms with E-state index in [0.717, 1.165) is 15.6 Å². The van der Waals surface area contributed by atoms with Gasteiger partial charge < -0.3 is 0 Å². The quantitative estimate of drug-likeness (QED) is 0.672. The minimum absolute atomic E-state index is 0.202. The van der Waals surface area contributed by atoms with Gasteiger partial charge in [-0.05, 0) is 47.7 Å². The van der Waals surface area contributed by atoms with E-state index in [4.69, 9.17) is 5.84 Å². The van der Waals surface area contributed by atoms with Gasteiger partial charge in [0, 0.05) is 9.35 Å². The number of benzene rings is 1. The molecule has 0 radical (unpaired) electrons. The molecule has 1 aromatic carbocycles. The van der Waals surface area contributed by atoms with Crippen molar-refractivity contribution in [1.82, 2.24) is 5.43 Å². The van der Waals surface area contributed by atoms with Crippen LogP contribution in [0.4, 0.5) is 4.39 Å². The maximum Gasteiger partial charge on any atom is 0.123 e. The number of hydrazine groups is 1. The first-order valence-corrected chi connectivity index (χ1v) is 6.76. The fourth-order valence-corrected chi connectivity index (χ4v) is 2.99. The van der Waals surface area contributed by atoms with E-state index < -0.39 is 0 Å². The molecule has 1 heterocycles. The van der Waals surface area contributed by atoms with Crippen LogP contribution in [0.5, 0.6) is 0 Å². The van der Waals surface area contributed by atoms with Crippen molar-refractivity contribution in [3.8, 4) is 0 Å². The Balaban J connectivity index is 2.49. The average Bonchev–Trinajstić information content (AvgIpc) is 2.71. The number of hydrogen-bond donors (Lipinski definition) is 2. The predicted octanol–water partition coefficient (Wildman–Crippen LogP) is 3.51. The van der Waals surface area contributed by atoms with Crippen LogP contribution in [0.2, 0.25) is 0 Å². The lowest BCUT2D eigenvalue weighted by Crippen LogP contribution is -2.29. The molecule has 17 heavy (non-hydrogen) atoms. The lowest BCUT2D eigenvalue weighted by molar-refractivity contribution is 0.603. The highest BCUT2D eigenvalue weighted by molar-refractivity contribution is 9.10. The zero-order valence-corrected chi connectivity index (χ0v) is 11.6. The van der Waals surface area contributed by atoms with Crippen molar-refractivity contribution in [1.29, 1.82) is 0 Å². The van der Waals surface area contributed by atoms with Gasteiger partial charge in [0.2, 0.25) is 0 Å². The Kier molecular flexibility index (Phi) is 3.93. The van der Waals surface area contributed by atoms with Crippen LogP contribution >= 0.6 is 27.3 Å². The van der Waals surface area contributed by atoms with Crippen LogP contribution in [0.3, 0.4) is 0 Å². The molecule has 0 aliphatic carbocycles. The molecule has 0 spiro atoms. The summed E-state index contributed by atoms with van der Waals surface area (Å²) in [5, 5.41) is 2.00. The van der Waals surface area contributed by atoms with E-state index >= 15 is 0 Å². The van der Waals surface area contributed by atoms with Crippen molar-refractivity contribution in [2.45, 2.75) is 13.0 Å². The predicted molar refractivity (Wildman–Crippen MR) is 72.3 cm³/mol. The topological polar surface area (TPSA) is 38.0 Å². The lowest BCUT2D eigenvalue weighted by Gasteiger charge is -2.18. The number of aryl methyl sites for hydroxylation is 1. The fraction of sp³-hybridized carbons (Fsp3) is 0.167. The molecule has 1 atom stereocenters. The summed E-state index contributed by atoms with van der Waals surface area (Å²) in [6.07, 6.45) is 0. The minimum Gasteiger partial charge on any atom is -0.271 e. The van der Waals surface area contributed by atoms with Gasteiger partial charge in [0.05, 0.1) is 6.04 Å². The van der Waals surface area contributed by atoms with E-state index in [9.17, 15) is 4.39 Å². The van der Waals surface area contributed by atoms with Crippen LogP contribution in [0.15, 0.2) is 34.1 Å².